The van der Waals surface area contributed by atoms with Crippen LogP contribution in [0, 0.1) is 0 Å². The minimum Gasteiger partial charge on any atom is -0.346 e. The molecule has 0 unspecified atom stereocenters. The van der Waals surface area contributed by atoms with Gasteiger partial charge in [-0.1, -0.05) is 29.8 Å². The molecule has 2 N–H and O–H groups in total. The summed E-state index contributed by atoms with van der Waals surface area (Å²) < 4.78 is 3.33. The van der Waals surface area contributed by atoms with Gasteiger partial charge in [0.05, 0.1) is 0 Å². The van der Waals surface area contributed by atoms with Crippen molar-refractivity contribution < 1.29 is 0 Å². The third kappa shape index (κ3) is 1.68. The molecule has 0 amide bonds. The Balaban J connectivity index is 2.87. The van der Waals surface area contributed by atoms with Crippen molar-refractivity contribution >= 4 is 26.8 Å². The highest BCUT2D eigenvalue weighted by Gasteiger charge is 2.16. The van der Waals surface area contributed by atoms with Crippen molar-refractivity contribution in [3.8, 4) is 0 Å². The van der Waals surface area contributed by atoms with E-state index < -0.39 is 0 Å². The second kappa shape index (κ2) is 4.22. The van der Waals surface area contributed by atoms with E-state index in [4.69, 9.17) is 5.73 Å². The lowest BCUT2D eigenvalue weighted by molar-refractivity contribution is 0.788. The van der Waals surface area contributed by atoms with E-state index in [0.29, 0.717) is 12.5 Å². The van der Waals surface area contributed by atoms with Crippen LogP contribution in [0.2, 0.25) is 0 Å². The van der Waals surface area contributed by atoms with Crippen LogP contribution >= 0.6 is 15.9 Å². The molecule has 86 valence electrons. The average Bonchev–Trinajstić information content (AvgIpc) is 2.50. The molecule has 0 bridgehead atoms. The van der Waals surface area contributed by atoms with Crippen LogP contribution in [0.4, 0.5) is 0 Å². The van der Waals surface area contributed by atoms with Crippen molar-refractivity contribution in [1.29, 1.82) is 0 Å². The molecule has 1 heterocycles. The minimum absolute atomic E-state index is 0.497. The van der Waals surface area contributed by atoms with Crippen LogP contribution in [0.15, 0.2) is 22.7 Å². The van der Waals surface area contributed by atoms with Crippen molar-refractivity contribution in [2.24, 2.45) is 12.8 Å². The maximum absolute atomic E-state index is 5.86. The molecular weight excluding hydrogens is 264 g/mol. The molecule has 2 aromatic rings. The van der Waals surface area contributed by atoms with E-state index >= 15 is 0 Å². The van der Waals surface area contributed by atoms with Crippen LogP contribution in [-0.4, -0.2) is 4.57 Å². The Morgan fingerprint density at radius 3 is 2.62 bits per heavy atom. The first-order valence-corrected chi connectivity index (χ1v) is 6.32. The normalized spacial score (nSPS) is 11.6. The number of rotatable bonds is 2. The van der Waals surface area contributed by atoms with Gasteiger partial charge in [-0.25, -0.2) is 0 Å². The van der Waals surface area contributed by atoms with Crippen LogP contribution in [-0.2, 0) is 13.6 Å². The number of halogens is 1. The zero-order chi connectivity index (χ0) is 11.9. The Morgan fingerprint density at radius 2 is 2.06 bits per heavy atom. The van der Waals surface area contributed by atoms with Gasteiger partial charge in [-0.3, -0.25) is 0 Å². The molecule has 0 aliphatic carbocycles. The zero-order valence-corrected chi connectivity index (χ0v) is 11.5. The molecule has 3 heteroatoms. The lowest BCUT2D eigenvalue weighted by atomic mass is 9.99. The van der Waals surface area contributed by atoms with Gasteiger partial charge in [0.15, 0.2) is 0 Å². The third-order valence-corrected chi connectivity index (χ3v) is 3.59. The topological polar surface area (TPSA) is 30.9 Å². The Hall–Kier alpha value is -0.800. The van der Waals surface area contributed by atoms with E-state index in [2.05, 4.69) is 59.6 Å². The molecule has 2 nitrogen and oxygen atoms in total. The number of fused-ring (bicyclic) bond motifs is 1. The molecule has 0 aliphatic heterocycles. The summed E-state index contributed by atoms with van der Waals surface area (Å²) in [4.78, 5) is 0. The summed E-state index contributed by atoms with van der Waals surface area (Å²) in [6.45, 7) is 5.03. The Labute approximate surface area is 105 Å². The molecule has 16 heavy (non-hydrogen) atoms. The molecule has 0 fully saturated rings. The van der Waals surface area contributed by atoms with E-state index in [-0.39, 0.29) is 0 Å². The Kier molecular flexibility index (Phi) is 3.08. The molecule has 0 spiro atoms. The van der Waals surface area contributed by atoms with Crippen LogP contribution in [0.5, 0.6) is 0 Å². The number of hydrogen-bond donors (Lipinski definition) is 1. The summed E-state index contributed by atoms with van der Waals surface area (Å²) >= 11 is 3.53. The van der Waals surface area contributed by atoms with E-state index in [9.17, 15) is 0 Å². The number of nitrogens with two attached hydrogens (primary N) is 1. The predicted octanol–water partition coefficient (Wildman–Crippen LogP) is 3.52. The highest BCUT2D eigenvalue weighted by Crippen LogP contribution is 2.32. The van der Waals surface area contributed by atoms with Crippen molar-refractivity contribution in [1.82, 2.24) is 4.57 Å². The quantitative estimate of drug-likeness (QED) is 0.897. The number of aryl methyl sites for hydroxylation is 1. The van der Waals surface area contributed by atoms with Gasteiger partial charge in [0.2, 0.25) is 0 Å². The summed E-state index contributed by atoms with van der Waals surface area (Å²) in [7, 11) is 2.09. The van der Waals surface area contributed by atoms with E-state index in [1.165, 1.54) is 22.2 Å². The number of aromatic nitrogens is 1. The Morgan fingerprint density at radius 1 is 1.38 bits per heavy atom. The standard InChI is InChI=1S/C13H17BrN2/c1-8(2)13-10-6-9(14)4-5-11(10)16(3)12(13)7-15/h4-6,8H,7,15H2,1-3H3. The lowest BCUT2D eigenvalue weighted by Gasteiger charge is -2.08. The first-order chi connectivity index (χ1) is 7.56. The summed E-state index contributed by atoms with van der Waals surface area (Å²) in [5.41, 5.74) is 9.73. The maximum Gasteiger partial charge on any atom is 0.0484 e. The first-order valence-electron chi connectivity index (χ1n) is 5.53. The van der Waals surface area contributed by atoms with Gasteiger partial charge < -0.3 is 10.3 Å². The molecule has 1 aromatic carbocycles. The number of nitrogens with zero attached hydrogens (tertiary/aromatic N) is 1. The number of benzene rings is 1. The largest absolute Gasteiger partial charge is 0.346 e. The molecule has 0 saturated heterocycles. The fourth-order valence-corrected chi connectivity index (χ4v) is 2.75. The van der Waals surface area contributed by atoms with Crippen molar-refractivity contribution in [3.63, 3.8) is 0 Å². The minimum atomic E-state index is 0.497. The first kappa shape index (κ1) is 11.7. The highest BCUT2D eigenvalue weighted by atomic mass is 79.9. The van der Waals surface area contributed by atoms with Crippen molar-refractivity contribution in [2.45, 2.75) is 26.3 Å². The fraction of sp³-hybridized carbons (Fsp3) is 0.385. The second-order valence-electron chi connectivity index (χ2n) is 4.44. The smallest absolute Gasteiger partial charge is 0.0484 e. The van der Waals surface area contributed by atoms with Crippen LogP contribution in [0.25, 0.3) is 10.9 Å². The summed E-state index contributed by atoms with van der Waals surface area (Å²) in [5.74, 6) is 0.497. The highest BCUT2D eigenvalue weighted by molar-refractivity contribution is 9.10. The fourth-order valence-electron chi connectivity index (χ4n) is 2.39. The average molecular weight is 281 g/mol. The Bertz CT molecular complexity index is 526. The maximum atomic E-state index is 5.86. The van der Waals surface area contributed by atoms with E-state index in [1.807, 2.05) is 0 Å². The molecular formula is C13H17BrN2. The predicted molar refractivity (Wildman–Crippen MR) is 72.6 cm³/mol. The lowest BCUT2D eigenvalue weighted by Crippen LogP contribution is -2.06. The summed E-state index contributed by atoms with van der Waals surface area (Å²) in [6, 6.07) is 6.40. The number of hydrogen-bond acceptors (Lipinski definition) is 1. The molecule has 0 atom stereocenters. The summed E-state index contributed by atoms with van der Waals surface area (Å²) in [5, 5.41) is 1.31. The zero-order valence-electron chi connectivity index (χ0n) is 9.92. The van der Waals surface area contributed by atoms with Crippen LogP contribution in [0.1, 0.15) is 31.0 Å². The van der Waals surface area contributed by atoms with E-state index in [0.717, 1.165) is 4.47 Å². The van der Waals surface area contributed by atoms with E-state index in [1.54, 1.807) is 0 Å². The van der Waals surface area contributed by atoms with Gasteiger partial charge in [0, 0.05) is 34.7 Å². The molecule has 0 saturated carbocycles. The molecule has 0 radical (unpaired) electrons. The van der Waals surface area contributed by atoms with Gasteiger partial charge in [-0.15, -0.1) is 0 Å². The molecule has 0 aliphatic rings. The van der Waals surface area contributed by atoms with Gasteiger partial charge in [-0.2, -0.15) is 0 Å². The molecule has 2 rings (SSSR count). The van der Waals surface area contributed by atoms with Crippen molar-refractivity contribution in [3.05, 3.63) is 33.9 Å². The van der Waals surface area contributed by atoms with Crippen LogP contribution < -0.4 is 5.73 Å². The van der Waals surface area contributed by atoms with Gasteiger partial charge in [-0.05, 0) is 29.7 Å². The third-order valence-electron chi connectivity index (χ3n) is 3.10. The van der Waals surface area contributed by atoms with Gasteiger partial charge in [0.1, 0.15) is 0 Å². The van der Waals surface area contributed by atoms with Gasteiger partial charge >= 0.3 is 0 Å². The van der Waals surface area contributed by atoms with Crippen LogP contribution in [0.3, 0.4) is 0 Å². The SMILES string of the molecule is CC(C)c1c(CN)n(C)c2ccc(Br)cc12. The van der Waals surface area contributed by atoms with Gasteiger partial charge in [0.25, 0.3) is 0 Å². The monoisotopic (exact) mass is 280 g/mol. The summed E-state index contributed by atoms with van der Waals surface area (Å²) in [6.07, 6.45) is 0. The molecule has 1 aromatic heterocycles. The second-order valence-corrected chi connectivity index (χ2v) is 5.36. The van der Waals surface area contributed by atoms with Crippen molar-refractivity contribution in [2.75, 3.05) is 0 Å².